The Balaban J connectivity index is 1.79. The van der Waals surface area contributed by atoms with E-state index in [-0.39, 0.29) is 11.7 Å². The zero-order valence-corrected chi connectivity index (χ0v) is 17.3. The Kier molecular flexibility index (Phi) is 5.10. The molecule has 2 aromatic rings. The van der Waals surface area contributed by atoms with Gasteiger partial charge in [0.05, 0.1) is 10.6 Å². The lowest BCUT2D eigenvalue weighted by Crippen LogP contribution is -2.41. The zero-order chi connectivity index (χ0) is 19.8. The van der Waals surface area contributed by atoms with Crippen molar-refractivity contribution < 1.29 is 9.59 Å². The molecular weight excluding hydrogens is 372 g/mol. The molecule has 1 aliphatic heterocycles. The van der Waals surface area contributed by atoms with Crippen molar-refractivity contribution >= 4 is 29.1 Å². The summed E-state index contributed by atoms with van der Waals surface area (Å²) in [5, 5.41) is 10.3. The fourth-order valence-corrected chi connectivity index (χ4v) is 5.12. The third-order valence-corrected chi connectivity index (χ3v) is 6.59. The maximum Gasteiger partial charge on any atom is 0.243 e. The lowest BCUT2D eigenvalue weighted by molar-refractivity contribution is -0.117. The number of nitrogens with zero attached hydrogens (tertiary/aromatic N) is 4. The molecular formula is C21H24N4O2S. The summed E-state index contributed by atoms with van der Waals surface area (Å²) in [6.07, 6.45) is 6.38. The number of ketones is 1. The minimum absolute atomic E-state index is 0.0884. The van der Waals surface area contributed by atoms with Crippen LogP contribution in [0, 0.1) is 6.92 Å². The van der Waals surface area contributed by atoms with E-state index in [1.54, 1.807) is 11.6 Å². The molecule has 1 aromatic carbocycles. The van der Waals surface area contributed by atoms with E-state index in [1.807, 2.05) is 12.1 Å². The largest absolute Gasteiger partial charge is 0.294 e. The summed E-state index contributed by atoms with van der Waals surface area (Å²) in [5.41, 5.74) is 2.80. The molecule has 0 saturated heterocycles. The second-order valence-corrected chi connectivity index (χ2v) is 8.44. The Labute approximate surface area is 169 Å². The number of carbonyl (C=O) groups excluding carboxylic acids is 2. The summed E-state index contributed by atoms with van der Waals surface area (Å²) in [6, 6.07) is 8.36. The van der Waals surface area contributed by atoms with Gasteiger partial charge in [-0.2, -0.15) is 0 Å². The number of thioether (sulfide) groups is 1. The Morgan fingerprint density at radius 1 is 1.04 bits per heavy atom. The molecule has 7 heteroatoms. The van der Waals surface area contributed by atoms with Gasteiger partial charge in [0.2, 0.25) is 11.1 Å². The van der Waals surface area contributed by atoms with Gasteiger partial charge in [0.15, 0.2) is 11.6 Å². The topological polar surface area (TPSA) is 68.1 Å². The van der Waals surface area contributed by atoms with E-state index in [2.05, 4.69) is 22.3 Å². The van der Waals surface area contributed by atoms with E-state index in [9.17, 15) is 9.59 Å². The van der Waals surface area contributed by atoms with Gasteiger partial charge >= 0.3 is 0 Å². The first kappa shape index (κ1) is 18.9. The smallest absolute Gasteiger partial charge is 0.243 e. The molecule has 0 unspecified atom stereocenters. The van der Waals surface area contributed by atoms with Crippen molar-refractivity contribution in [3.63, 3.8) is 0 Å². The summed E-state index contributed by atoms with van der Waals surface area (Å²) in [6.45, 7) is 4.82. The Hall–Kier alpha value is -2.41. The highest BCUT2D eigenvalue weighted by Crippen LogP contribution is 2.40. The molecule has 0 spiro atoms. The van der Waals surface area contributed by atoms with Gasteiger partial charge < -0.3 is 0 Å². The highest BCUT2D eigenvalue weighted by molar-refractivity contribution is 8.04. The lowest BCUT2D eigenvalue weighted by Gasteiger charge is -2.32. The predicted octanol–water partition coefficient (Wildman–Crippen LogP) is 4.18. The van der Waals surface area contributed by atoms with Crippen molar-refractivity contribution in [3.05, 3.63) is 46.1 Å². The molecule has 146 valence electrons. The molecule has 1 amide bonds. The van der Waals surface area contributed by atoms with Crippen LogP contribution in [0.5, 0.6) is 0 Å². The standard InChI is InChI=1S/C21H24N4O2S/c1-13(26)20-19(25(15(3)27)24-14(2)22-23-21(24)28-20)18-11-9-17(10-12-18)16-7-5-4-6-8-16/h9-12,16H,4-8H2,1-3H3. The number of allylic oxidation sites excluding steroid dienone is 1. The quantitative estimate of drug-likeness (QED) is 0.778. The van der Waals surface area contributed by atoms with Gasteiger partial charge in [-0.1, -0.05) is 43.5 Å². The fourth-order valence-electron chi connectivity index (χ4n) is 4.11. The van der Waals surface area contributed by atoms with Crippen LogP contribution < -0.4 is 5.01 Å². The zero-order valence-electron chi connectivity index (χ0n) is 16.4. The predicted molar refractivity (Wildman–Crippen MR) is 109 cm³/mol. The number of hydrogen-bond acceptors (Lipinski definition) is 5. The number of carbonyl (C=O) groups is 2. The summed E-state index contributed by atoms with van der Waals surface area (Å²) < 4.78 is 1.68. The molecule has 1 saturated carbocycles. The number of aryl methyl sites for hydroxylation is 1. The van der Waals surface area contributed by atoms with Crippen molar-refractivity contribution in [1.82, 2.24) is 14.9 Å². The van der Waals surface area contributed by atoms with E-state index in [4.69, 9.17) is 0 Å². The van der Waals surface area contributed by atoms with Crippen LogP contribution in [0.4, 0.5) is 0 Å². The molecule has 28 heavy (non-hydrogen) atoms. The van der Waals surface area contributed by atoms with Crippen molar-refractivity contribution in [2.24, 2.45) is 0 Å². The summed E-state index contributed by atoms with van der Waals surface area (Å²) in [5.74, 6) is 0.945. The molecule has 6 nitrogen and oxygen atoms in total. The second kappa shape index (κ2) is 7.54. The van der Waals surface area contributed by atoms with Gasteiger partial charge in [0.25, 0.3) is 0 Å². The first-order chi connectivity index (χ1) is 13.5. The number of rotatable bonds is 3. The second-order valence-electron chi connectivity index (χ2n) is 7.47. The van der Waals surface area contributed by atoms with Crippen molar-refractivity contribution in [2.75, 3.05) is 5.01 Å². The Bertz CT molecular complexity index is 955. The molecule has 1 aliphatic carbocycles. The van der Waals surface area contributed by atoms with Gasteiger partial charge in [-0.15, -0.1) is 10.2 Å². The van der Waals surface area contributed by atoms with E-state index in [1.165, 1.54) is 68.3 Å². The molecule has 2 heterocycles. The number of aromatic nitrogens is 3. The van der Waals surface area contributed by atoms with Crippen LogP contribution in [-0.4, -0.2) is 26.6 Å². The van der Waals surface area contributed by atoms with Crippen molar-refractivity contribution in [1.29, 1.82) is 0 Å². The fraction of sp³-hybridized carbons (Fsp3) is 0.429. The first-order valence-corrected chi connectivity index (χ1v) is 10.6. The van der Waals surface area contributed by atoms with Crippen LogP contribution in [0.1, 0.15) is 68.8 Å². The van der Waals surface area contributed by atoms with Gasteiger partial charge in [-0.3, -0.25) is 9.59 Å². The Morgan fingerprint density at radius 3 is 2.32 bits per heavy atom. The number of amides is 1. The SMILES string of the molecule is CC(=O)C1=C(c2ccc(C3CCCCC3)cc2)N(C(C)=O)n2c(C)nnc2S1. The van der Waals surface area contributed by atoms with E-state index >= 15 is 0 Å². The van der Waals surface area contributed by atoms with Crippen LogP contribution in [0.3, 0.4) is 0 Å². The monoisotopic (exact) mass is 396 g/mol. The Morgan fingerprint density at radius 2 is 1.71 bits per heavy atom. The van der Waals surface area contributed by atoms with Crippen LogP contribution in [0.2, 0.25) is 0 Å². The summed E-state index contributed by atoms with van der Waals surface area (Å²) >= 11 is 1.27. The highest BCUT2D eigenvalue weighted by Gasteiger charge is 2.34. The van der Waals surface area contributed by atoms with Crippen LogP contribution in [-0.2, 0) is 9.59 Å². The minimum atomic E-state index is -0.186. The van der Waals surface area contributed by atoms with Gasteiger partial charge in [-0.05, 0) is 49.9 Å². The highest BCUT2D eigenvalue weighted by atomic mass is 32.2. The third-order valence-electron chi connectivity index (χ3n) is 5.47. The van der Waals surface area contributed by atoms with Gasteiger partial charge in [0, 0.05) is 12.5 Å². The normalized spacial score (nSPS) is 17.6. The van der Waals surface area contributed by atoms with Crippen molar-refractivity contribution in [2.45, 2.75) is 63.9 Å². The van der Waals surface area contributed by atoms with E-state index < -0.39 is 0 Å². The van der Waals surface area contributed by atoms with E-state index in [0.29, 0.717) is 27.5 Å². The van der Waals surface area contributed by atoms with Crippen molar-refractivity contribution in [3.8, 4) is 0 Å². The van der Waals surface area contributed by atoms with Crippen LogP contribution >= 0.6 is 11.8 Å². The molecule has 1 fully saturated rings. The minimum Gasteiger partial charge on any atom is -0.294 e. The number of Topliss-reactive ketones (excluding diaryl/α,β-unsaturated/α-hetero) is 1. The molecule has 0 bridgehead atoms. The molecule has 1 aromatic heterocycles. The molecule has 0 atom stereocenters. The average Bonchev–Trinajstić information content (AvgIpc) is 3.08. The van der Waals surface area contributed by atoms with Gasteiger partial charge in [-0.25, -0.2) is 9.69 Å². The van der Waals surface area contributed by atoms with E-state index in [0.717, 1.165) is 5.56 Å². The first-order valence-electron chi connectivity index (χ1n) is 9.73. The maximum atomic E-state index is 12.6. The molecule has 0 radical (unpaired) electrons. The molecule has 2 aliphatic rings. The average molecular weight is 397 g/mol. The third kappa shape index (κ3) is 3.28. The number of benzene rings is 1. The maximum absolute atomic E-state index is 12.6. The lowest BCUT2D eigenvalue weighted by atomic mass is 9.84. The van der Waals surface area contributed by atoms with Gasteiger partial charge in [0.1, 0.15) is 0 Å². The summed E-state index contributed by atoms with van der Waals surface area (Å²) in [7, 11) is 0. The van der Waals surface area contributed by atoms with Crippen LogP contribution in [0.15, 0.2) is 34.3 Å². The number of fused-ring (bicyclic) bond motifs is 1. The molecule has 4 rings (SSSR count). The van der Waals surface area contributed by atoms with Crippen LogP contribution in [0.25, 0.3) is 5.70 Å². The molecule has 0 N–H and O–H groups in total. The number of hydrogen-bond donors (Lipinski definition) is 0. The summed E-state index contributed by atoms with van der Waals surface area (Å²) in [4.78, 5) is 25.5.